The molecule has 0 fully saturated rings. The highest BCUT2D eigenvalue weighted by atomic mass is 32.2. The second-order valence-corrected chi connectivity index (χ2v) is 8.32. The standard InChI is InChI=1S/C23H21N3O4S/c1-15-6-8-17(9-7-15)23(28)25-19-4-3-5-21(14-19)31-16(2)22(27)24-18-10-12-20(13-11-18)26(29)30/h3-14,16H,1-2H3,(H,24,27)(H,25,28). The first-order chi connectivity index (χ1) is 14.8. The zero-order chi connectivity index (χ0) is 22.4. The first-order valence-electron chi connectivity index (χ1n) is 9.52. The number of hydrogen-bond acceptors (Lipinski definition) is 5. The van der Waals surface area contributed by atoms with E-state index in [1.807, 2.05) is 37.3 Å². The fraction of sp³-hybridized carbons (Fsp3) is 0.130. The highest BCUT2D eigenvalue weighted by molar-refractivity contribution is 8.00. The molecule has 0 aliphatic heterocycles. The van der Waals surface area contributed by atoms with E-state index >= 15 is 0 Å². The van der Waals surface area contributed by atoms with E-state index in [1.165, 1.54) is 36.0 Å². The Morgan fingerprint density at radius 2 is 1.61 bits per heavy atom. The Morgan fingerprint density at radius 1 is 0.935 bits per heavy atom. The number of carbonyl (C=O) groups excluding carboxylic acids is 2. The van der Waals surface area contributed by atoms with Crippen molar-refractivity contribution in [2.24, 2.45) is 0 Å². The van der Waals surface area contributed by atoms with Crippen molar-refractivity contribution in [3.05, 3.63) is 94.0 Å². The molecule has 0 saturated heterocycles. The molecule has 1 unspecified atom stereocenters. The van der Waals surface area contributed by atoms with Crippen LogP contribution < -0.4 is 10.6 Å². The van der Waals surface area contributed by atoms with E-state index in [4.69, 9.17) is 0 Å². The number of thioether (sulfide) groups is 1. The van der Waals surface area contributed by atoms with Crippen LogP contribution >= 0.6 is 11.8 Å². The molecular formula is C23H21N3O4S. The fourth-order valence-corrected chi connectivity index (χ4v) is 3.65. The summed E-state index contributed by atoms with van der Waals surface area (Å²) in [4.78, 5) is 35.9. The van der Waals surface area contributed by atoms with Crippen molar-refractivity contribution >= 4 is 40.6 Å². The van der Waals surface area contributed by atoms with Gasteiger partial charge in [0.05, 0.1) is 10.2 Å². The van der Waals surface area contributed by atoms with Crippen LogP contribution in [-0.4, -0.2) is 22.0 Å². The van der Waals surface area contributed by atoms with Crippen LogP contribution in [-0.2, 0) is 4.79 Å². The average Bonchev–Trinajstić information content (AvgIpc) is 2.74. The smallest absolute Gasteiger partial charge is 0.269 e. The molecule has 0 saturated carbocycles. The third-order valence-corrected chi connectivity index (χ3v) is 5.53. The van der Waals surface area contributed by atoms with Crippen molar-refractivity contribution in [3.63, 3.8) is 0 Å². The monoisotopic (exact) mass is 435 g/mol. The summed E-state index contributed by atoms with van der Waals surface area (Å²) in [5, 5.41) is 15.9. The number of anilines is 2. The molecule has 0 spiro atoms. The largest absolute Gasteiger partial charge is 0.325 e. The first-order valence-corrected chi connectivity index (χ1v) is 10.4. The van der Waals surface area contributed by atoms with Crippen LogP contribution in [0.1, 0.15) is 22.8 Å². The summed E-state index contributed by atoms with van der Waals surface area (Å²) in [6.45, 7) is 3.73. The highest BCUT2D eigenvalue weighted by Crippen LogP contribution is 2.27. The summed E-state index contributed by atoms with van der Waals surface area (Å²) < 4.78 is 0. The molecule has 3 aromatic rings. The van der Waals surface area contributed by atoms with Crippen LogP contribution in [0.2, 0.25) is 0 Å². The van der Waals surface area contributed by atoms with Gasteiger partial charge in [-0.2, -0.15) is 0 Å². The quantitative estimate of drug-likeness (QED) is 0.299. The molecule has 31 heavy (non-hydrogen) atoms. The van der Waals surface area contributed by atoms with Crippen molar-refractivity contribution in [2.75, 3.05) is 10.6 Å². The van der Waals surface area contributed by atoms with Gasteiger partial charge < -0.3 is 10.6 Å². The van der Waals surface area contributed by atoms with E-state index < -0.39 is 10.2 Å². The number of benzene rings is 3. The molecule has 0 radical (unpaired) electrons. The maximum atomic E-state index is 12.5. The molecule has 0 aliphatic carbocycles. The van der Waals surface area contributed by atoms with E-state index in [0.717, 1.165) is 10.5 Å². The van der Waals surface area contributed by atoms with Crippen LogP contribution in [0.15, 0.2) is 77.7 Å². The number of amides is 2. The van der Waals surface area contributed by atoms with Gasteiger partial charge in [0.15, 0.2) is 0 Å². The molecule has 8 heteroatoms. The SMILES string of the molecule is Cc1ccc(C(=O)Nc2cccc(SC(C)C(=O)Nc3ccc([N+](=O)[O-])cc3)c2)cc1. The predicted octanol–water partition coefficient (Wildman–Crippen LogP) is 5.27. The number of hydrogen-bond donors (Lipinski definition) is 2. The Morgan fingerprint density at radius 3 is 2.26 bits per heavy atom. The minimum Gasteiger partial charge on any atom is -0.325 e. The van der Waals surface area contributed by atoms with Crippen molar-refractivity contribution in [1.82, 2.24) is 0 Å². The normalized spacial score (nSPS) is 11.4. The molecule has 2 amide bonds. The molecule has 0 aromatic heterocycles. The Bertz CT molecular complexity index is 1100. The summed E-state index contributed by atoms with van der Waals surface area (Å²) in [5.41, 5.74) is 2.74. The lowest BCUT2D eigenvalue weighted by Gasteiger charge is -2.13. The number of carbonyl (C=O) groups is 2. The number of nitro benzene ring substituents is 1. The first kappa shape index (κ1) is 22.0. The fourth-order valence-electron chi connectivity index (χ4n) is 2.72. The second-order valence-electron chi connectivity index (χ2n) is 6.90. The summed E-state index contributed by atoms with van der Waals surface area (Å²) in [5.74, 6) is -0.431. The van der Waals surface area contributed by atoms with E-state index in [9.17, 15) is 19.7 Å². The summed E-state index contributed by atoms with van der Waals surface area (Å²) in [7, 11) is 0. The molecule has 0 heterocycles. The van der Waals surface area contributed by atoms with Gasteiger partial charge in [0.25, 0.3) is 11.6 Å². The average molecular weight is 436 g/mol. The molecule has 3 rings (SSSR count). The van der Waals surface area contributed by atoms with Crippen LogP contribution in [0.5, 0.6) is 0 Å². The molecule has 0 aliphatic rings. The van der Waals surface area contributed by atoms with Gasteiger partial charge in [0.2, 0.25) is 5.91 Å². The Labute approximate surface area is 184 Å². The van der Waals surface area contributed by atoms with Gasteiger partial charge in [-0.05, 0) is 56.3 Å². The number of nitrogens with one attached hydrogen (secondary N) is 2. The van der Waals surface area contributed by atoms with Crippen molar-refractivity contribution < 1.29 is 14.5 Å². The number of aryl methyl sites for hydroxylation is 1. The Hall–Kier alpha value is -3.65. The third-order valence-electron chi connectivity index (χ3n) is 4.43. The van der Waals surface area contributed by atoms with E-state index in [1.54, 1.807) is 25.1 Å². The number of nitro groups is 1. The molecule has 158 valence electrons. The molecule has 2 N–H and O–H groups in total. The predicted molar refractivity (Wildman–Crippen MR) is 123 cm³/mol. The van der Waals surface area contributed by atoms with Gasteiger partial charge >= 0.3 is 0 Å². The van der Waals surface area contributed by atoms with Gasteiger partial charge in [0, 0.05) is 34.0 Å². The van der Waals surface area contributed by atoms with E-state index in [0.29, 0.717) is 16.9 Å². The lowest BCUT2D eigenvalue weighted by Crippen LogP contribution is -2.22. The molecule has 0 bridgehead atoms. The lowest BCUT2D eigenvalue weighted by atomic mass is 10.1. The topological polar surface area (TPSA) is 101 Å². The highest BCUT2D eigenvalue weighted by Gasteiger charge is 2.16. The van der Waals surface area contributed by atoms with Crippen LogP contribution in [0, 0.1) is 17.0 Å². The minimum absolute atomic E-state index is 0.0371. The number of non-ortho nitro benzene ring substituents is 1. The molecular weight excluding hydrogens is 414 g/mol. The van der Waals surface area contributed by atoms with Crippen LogP contribution in [0.25, 0.3) is 0 Å². The van der Waals surface area contributed by atoms with E-state index in [-0.39, 0.29) is 17.5 Å². The Balaban J connectivity index is 1.60. The van der Waals surface area contributed by atoms with E-state index in [2.05, 4.69) is 10.6 Å². The summed E-state index contributed by atoms with van der Waals surface area (Å²) in [6, 6.07) is 20.3. The van der Waals surface area contributed by atoms with Gasteiger partial charge in [-0.1, -0.05) is 23.8 Å². The maximum absolute atomic E-state index is 12.5. The van der Waals surface area contributed by atoms with Crippen molar-refractivity contribution in [1.29, 1.82) is 0 Å². The van der Waals surface area contributed by atoms with Crippen LogP contribution in [0.4, 0.5) is 17.1 Å². The molecule has 7 nitrogen and oxygen atoms in total. The lowest BCUT2D eigenvalue weighted by molar-refractivity contribution is -0.384. The third kappa shape index (κ3) is 6.16. The number of rotatable bonds is 7. The van der Waals surface area contributed by atoms with Crippen LogP contribution in [0.3, 0.4) is 0 Å². The van der Waals surface area contributed by atoms with Gasteiger partial charge in [-0.3, -0.25) is 19.7 Å². The summed E-state index contributed by atoms with van der Waals surface area (Å²) in [6.07, 6.45) is 0. The summed E-state index contributed by atoms with van der Waals surface area (Å²) >= 11 is 1.35. The van der Waals surface area contributed by atoms with Gasteiger partial charge in [-0.15, -0.1) is 11.8 Å². The Kier molecular flexibility index (Phi) is 7.04. The maximum Gasteiger partial charge on any atom is 0.269 e. The molecule has 1 atom stereocenters. The minimum atomic E-state index is -0.491. The zero-order valence-electron chi connectivity index (χ0n) is 17.0. The van der Waals surface area contributed by atoms with Crippen molar-refractivity contribution in [3.8, 4) is 0 Å². The second kappa shape index (κ2) is 9.90. The van der Waals surface area contributed by atoms with Gasteiger partial charge in [-0.25, -0.2) is 0 Å². The molecule has 3 aromatic carbocycles. The zero-order valence-corrected chi connectivity index (χ0v) is 17.8. The van der Waals surface area contributed by atoms with Gasteiger partial charge in [0.1, 0.15) is 0 Å². The van der Waals surface area contributed by atoms with Crippen molar-refractivity contribution in [2.45, 2.75) is 24.0 Å². The number of nitrogens with zero attached hydrogens (tertiary/aromatic N) is 1.